The topological polar surface area (TPSA) is 16.1 Å². The number of pyridine rings is 1. The minimum Gasteiger partial charge on any atom is -0.370 e. The standard InChI is InChI=1S/C15H16Cl2N2/c1-10-4-6-13(11(2)8-10)19(3)9-12-5-7-14(16)18-15(12)17/h4-8H,9H2,1-3H3. The number of anilines is 1. The van der Waals surface area contributed by atoms with Crippen LogP contribution in [0.5, 0.6) is 0 Å². The van der Waals surface area contributed by atoms with Crippen molar-refractivity contribution in [3.8, 4) is 0 Å². The highest BCUT2D eigenvalue weighted by Crippen LogP contribution is 2.24. The maximum absolute atomic E-state index is 6.10. The van der Waals surface area contributed by atoms with E-state index in [4.69, 9.17) is 23.2 Å². The maximum Gasteiger partial charge on any atom is 0.135 e. The van der Waals surface area contributed by atoms with Crippen molar-refractivity contribution in [1.29, 1.82) is 0 Å². The Balaban J connectivity index is 2.23. The zero-order chi connectivity index (χ0) is 14.0. The molecule has 4 heteroatoms. The Morgan fingerprint density at radius 1 is 1.11 bits per heavy atom. The zero-order valence-electron chi connectivity index (χ0n) is 11.2. The molecule has 0 amide bonds. The molecule has 0 aliphatic carbocycles. The molecule has 19 heavy (non-hydrogen) atoms. The van der Waals surface area contributed by atoms with Gasteiger partial charge in [-0.25, -0.2) is 4.98 Å². The Bertz CT molecular complexity index is 597. The van der Waals surface area contributed by atoms with Crippen molar-refractivity contribution in [1.82, 2.24) is 4.98 Å². The van der Waals surface area contributed by atoms with Crippen molar-refractivity contribution in [2.45, 2.75) is 20.4 Å². The van der Waals surface area contributed by atoms with Crippen molar-refractivity contribution in [3.05, 3.63) is 57.3 Å². The second-order valence-corrected chi connectivity index (χ2v) is 5.48. The lowest BCUT2D eigenvalue weighted by atomic mass is 10.1. The van der Waals surface area contributed by atoms with Crippen LogP contribution in [0.3, 0.4) is 0 Å². The number of halogens is 2. The smallest absolute Gasteiger partial charge is 0.135 e. The second kappa shape index (κ2) is 5.81. The first-order valence-electron chi connectivity index (χ1n) is 6.06. The molecular weight excluding hydrogens is 279 g/mol. The Kier molecular flexibility index (Phi) is 4.33. The van der Waals surface area contributed by atoms with Crippen LogP contribution in [0.4, 0.5) is 5.69 Å². The normalized spacial score (nSPS) is 10.6. The molecule has 2 aromatic rings. The summed E-state index contributed by atoms with van der Waals surface area (Å²) < 4.78 is 0. The van der Waals surface area contributed by atoms with Crippen LogP contribution in [-0.4, -0.2) is 12.0 Å². The summed E-state index contributed by atoms with van der Waals surface area (Å²) in [6, 6.07) is 10.1. The molecule has 0 atom stereocenters. The first kappa shape index (κ1) is 14.2. The molecule has 0 unspecified atom stereocenters. The highest BCUT2D eigenvalue weighted by Gasteiger charge is 2.09. The number of aromatic nitrogens is 1. The van der Waals surface area contributed by atoms with Crippen LogP contribution in [0.1, 0.15) is 16.7 Å². The summed E-state index contributed by atoms with van der Waals surface area (Å²) in [5.41, 5.74) is 4.67. The Labute approximate surface area is 124 Å². The maximum atomic E-state index is 6.10. The van der Waals surface area contributed by atoms with Gasteiger partial charge in [-0.15, -0.1) is 0 Å². The Morgan fingerprint density at radius 3 is 2.47 bits per heavy atom. The van der Waals surface area contributed by atoms with E-state index in [1.807, 2.05) is 13.1 Å². The highest BCUT2D eigenvalue weighted by atomic mass is 35.5. The van der Waals surface area contributed by atoms with Gasteiger partial charge < -0.3 is 4.90 Å². The largest absolute Gasteiger partial charge is 0.370 e. The summed E-state index contributed by atoms with van der Waals surface area (Å²) in [6.45, 7) is 4.91. The van der Waals surface area contributed by atoms with E-state index in [0.717, 1.165) is 5.56 Å². The van der Waals surface area contributed by atoms with E-state index in [1.54, 1.807) is 6.07 Å². The number of hydrogen-bond acceptors (Lipinski definition) is 2. The summed E-state index contributed by atoms with van der Waals surface area (Å²) in [5, 5.41) is 0.882. The zero-order valence-corrected chi connectivity index (χ0v) is 12.8. The van der Waals surface area contributed by atoms with Gasteiger partial charge >= 0.3 is 0 Å². The summed E-state index contributed by atoms with van der Waals surface area (Å²) >= 11 is 11.9. The fourth-order valence-electron chi connectivity index (χ4n) is 2.13. The van der Waals surface area contributed by atoms with E-state index >= 15 is 0 Å². The van der Waals surface area contributed by atoms with Crippen molar-refractivity contribution < 1.29 is 0 Å². The van der Waals surface area contributed by atoms with Gasteiger partial charge in [0.1, 0.15) is 10.3 Å². The van der Waals surface area contributed by atoms with Gasteiger partial charge in [0.15, 0.2) is 0 Å². The number of hydrogen-bond donors (Lipinski definition) is 0. The van der Waals surface area contributed by atoms with Gasteiger partial charge in [0.05, 0.1) is 0 Å². The summed E-state index contributed by atoms with van der Waals surface area (Å²) in [4.78, 5) is 6.22. The van der Waals surface area contributed by atoms with Crippen LogP contribution in [0.15, 0.2) is 30.3 Å². The molecule has 0 aliphatic rings. The van der Waals surface area contributed by atoms with Gasteiger partial charge in [0, 0.05) is 24.8 Å². The number of rotatable bonds is 3. The third-order valence-electron chi connectivity index (χ3n) is 3.06. The second-order valence-electron chi connectivity index (χ2n) is 4.73. The van der Waals surface area contributed by atoms with Crippen LogP contribution in [-0.2, 0) is 6.54 Å². The quantitative estimate of drug-likeness (QED) is 0.767. The molecule has 0 spiro atoms. The molecule has 1 aromatic heterocycles. The monoisotopic (exact) mass is 294 g/mol. The van der Waals surface area contributed by atoms with Crippen LogP contribution < -0.4 is 4.90 Å². The summed E-state index contributed by atoms with van der Waals surface area (Å²) in [5.74, 6) is 0. The molecule has 0 radical (unpaired) electrons. The molecular formula is C15H16Cl2N2. The first-order valence-corrected chi connectivity index (χ1v) is 6.82. The first-order chi connectivity index (χ1) is 8.97. The van der Waals surface area contributed by atoms with Crippen molar-refractivity contribution in [3.63, 3.8) is 0 Å². The molecule has 0 fully saturated rings. The molecule has 1 heterocycles. The van der Waals surface area contributed by atoms with E-state index in [-0.39, 0.29) is 0 Å². The van der Waals surface area contributed by atoms with Crippen molar-refractivity contribution in [2.24, 2.45) is 0 Å². The third kappa shape index (κ3) is 3.40. The Morgan fingerprint density at radius 2 is 1.84 bits per heavy atom. The molecule has 2 nitrogen and oxygen atoms in total. The van der Waals surface area contributed by atoms with Crippen LogP contribution >= 0.6 is 23.2 Å². The fraction of sp³-hybridized carbons (Fsp3) is 0.267. The lowest BCUT2D eigenvalue weighted by Gasteiger charge is -2.22. The summed E-state index contributed by atoms with van der Waals surface area (Å²) in [7, 11) is 2.04. The van der Waals surface area contributed by atoms with Crippen molar-refractivity contribution >= 4 is 28.9 Å². The van der Waals surface area contributed by atoms with Gasteiger partial charge in [-0.2, -0.15) is 0 Å². The van der Waals surface area contributed by atoms with Crippen LogP contribution in [0, 0.1) is 13.8 Å². The minimum absolute atomic E-state index is 0.419. The summed E-state index contributed by atoms with van der Waals surface area (Å²) in [6.07, 6.45) is 0. The van der Waals surface area contributed by atoms with E-state index in [1.165, 1.54) is 16.8 Å². The molecule has 2 rings (SSSR count). The molecule has 1 aromatic carbocycles. The predicted molar refractivity (Wildman–Crippen MR) is 82.3 cm³/mol. The lowest BCUT2D eigenvalue weighted by Crippen LogP contribution is -2.18. The molecule has 0 saturated carbocycles. The molecule has 0 saturated heterocycles. The fourth-order valence-corrected chi connectivity index (χ4v) is 2.54. The molecule has 0 bridgehead atoms. The molecule has 0 aliphatic heterocycles. The van der Waals surface area contributed by atoms with Crippen LogP contribution in [0.25, 0.3) is 0 Å². The van der Waals surface area contributed by atoms with E-state index in [2.05, 4.69) is 41.9 Å². The average molecular weight is 295 g/mol. The van der Waals surface area contributed by atoms with Gasteiger partial charge in [-0.1, -0.05) is 47.0 Å². The van der Waals surface area contributed by atoms with Gasteiger partial charge in [0.2, 0.25) is 0 Å². The predicted octanol–water partition coefficient (Wildman–Crippen LogP) is 4.64. The van der Waals surface area contributed by atoms with E-state index < -0.39 is 0 Å². The third-order valence-corrected chi connectivity index (χ3v) is 3.60. The number of aryl methyl sites for hydroxylation is 2. The number of nitrogens with zero attached hydrogens (tertiary/aromatic N) is 2. The van der Waals surface area contributed by atoms with Gasteiger partial charge in [-0.05, 0) is 31.5 Å². The van der Waals surface area contributed by atoms with E-state index in [9.17, 15) is 0 Å². The molecule has 0 N–H and O–H groups in total. The highest BCUT2D eigenvalue weighted by molar-refractivity contribution is 6.32. The SMILES string of the molecule is Cc1ccc(N(C)Cc2ccc(Cl)nc2Cl)c(C)c1. The average Bonchev–Trinajstić information content (AvgIpc) is 2.32. The Hall–Kier alpha value is -1.25. The van der Waals surface area contributed by atoms with Crippen LogP contribution in [0.2, 0.25) is 10.3 Å². The lowest BCUT2D eigenvalue weighted by molar-refractivity contribution is 0.909. The van der Waals surface area contributed by atoms with Gasteiger partial charge in [0.25, 0.3) is 0 Å². The number of benzene rings is 1. The van der Waals surface area contributed by atoms with E-state index in [0.29, 0.717) is 16.9 Å². The minimum atomic E-state index is 0.419. The van der Waals surface area contributed by atoms with Crippen molar-refractivity contribution in [2.75, 3.05) is 11.9 Å². The molecule has 100 valence electrons. The van der Waals surface area contributed by atoms with Gasteiger partial charge in [-0.3, -0.25) is 0 Å².